The molecule has 2 unspecified atom stereocenters. The Balaban J connectivity index is 2.03. The van der Waals surface area contributed by atoms with E-state index in [0.717, 1.165) is 32.1 Å². The van der Waals surface area contributed by atoms with E-state index in [0.29, 0.717) is 12.2 Å². The van der Waals surface area contributed by atoms with Crippen LogP contribution in [-0.4, -0.2) is 17.1 Å². The highest BCUT2D eigenvalue weighted by Gasteiger charge is 2.11. The van der Waals surface area contributed by atoms with Crippen LogP contribution < -0.4 is 5.73 Å². The molecule has 0 heterocycles. The Labute approximate surface area is 79.9 Å². The molecule has 0 saturated heterocycles. The van der Waals surface area contributed by atoms with Gasteiger partial charge in [0.15, 0.2) is 8.03 Å². The maximum atomic E-state index is 10.4. The first-order valence-corrected chi connectivity index (χ1v) is 6.40. The molecule has 1 rings (SSSR count). The molecule has 4 heteroatoms. The van der Waals surface area contributed by atoms with Crippen LogP contribution in [0.5, 0.6) is 0 Å². The van der Waals surface area contributed by atoms with Gasteiger partial charge in [-0.05, 0) is 32.1 Å². The van der Waals surface area contributed by atoms with Crippen molar-refractivity contribution in [2.75, 3.05) is 6.16 Å². The minimum atomic E-state index is -2.23. The van der Waals surface area contributed by atoms with Crippen LogP contribution in [0.15, 0.2) is 11.6 Å². The van der Waals surface area contributed by atoms with Crippen molar-refractivity contribution < 1.29 is 9.46 Å². The van der Waals surface area contributed by atoms with Crippen molar-refractivity contribution in [2.24, 2.45) is 5.73 Å². The van der Waals surface area contributed by atoms with E-state index >= 15 is 0 Å². The normalized spacial score (nSPS) is 24.5. The molecule has 3 nitrogen and oxygen atoms in total. The van der Waals surface area contributed by atoms with Gasteiger partial charge in [0.1, 0.15) is 0 Å². The summed E-state index contributed by atoms with van der Waals surface area (Å²) < 4.78 is 10.4. The summed E-state index contributed by atoms with van der Waals surface area (Å²) in [7, 11) is -2.23. The van der Waals surface area contributed by atoms with Gasteiger partial charge in [0.25, 0.3) is 0 Å². The number of rotatable bonds is 5. The van der Waals surface area contributed by atoms with Crippen LogP contribution in [0, 0.1) is 0 Å². The van der Waals surface area contributed by atoms with Crippen LogP contribution in [0.2, 0.25) is 0 Å². The summed E-state index contributed by atoms with van der Waals surface area (Å²) in [6.45, 7) is 0. The summed E-state index contributed by atoms with van der Waals surface area (Å²) in [5, 5.41) is 0. The molecule has 0 aromatic rings. The van der Waals surface area contributed by atoms with E-state index < -0.39 is 8.03 Å². The first kappa shape index (κ1) is 11.0. The third-order valence-electron chi connectivity index (χ3n) is 2.37. The van der Waals surface area contributed by atoms with Gasteiger partial charge in [0.05, 0.1) is 0 Å². The molecule has 76 valence electrons. The molecule has 0 bridgehead atoms. The highest BCUT2D eigenvalue weighted by atomic mass is 31.1. The van der Waals surface area contributed by atoms with Crippen molar-refractivity contribution in [2.45, 2.75) is 38.1 Å². The van der Waals surface area contributed by atoms with Gasteiger partial charge in [-0.2, -0.15) is 0 Å². The SMILES string of the molecule is NC1CC=C(CCCC[PH](=O)O)C1. The Bertz CT molecular complexity index is 216. The van der Waals surface area contributed by atoms with Crippen molar-refractivity contribution in [3.8, 4) is 0 Å². The molecule has 0 spiro atoms. The van der Waals surface area contributed by atoms with Crippen LogP contribution in [0.4, 0.5) is 0 Å². The minimum absolute atomic E-state index is 0.326. The van der Waals surface area contributed by atoms with Crippen molar-refractivity contribution >= 4 is 8.03 Å². The van der Waals surface area contributed by atoms with Crippen molar-refractivity contribution in [1.82, 2.24) is 0 Å². The topological polar surface area (TPSA) is 63.3 Å². The average molecular weight is 203 g/mol. The Morgan fingerprint density at radius 3 is 2.92 bits per heavy atom. The lowest BCUT2D eigenvalue weighted by Gasteiger charge is -2.03. The van der Waals surface area contributed by atoms with E-state index in [2.05, 4.69) is 6.08 Å². The fraction of sp³-hybridized carbons (Fsp3) is 0.778. The second-order valence-electron chi connectivity index (χ2n) is 3.66. The maximum absolute atomic E-state index is 10.4. The Morgan fingerprint density at radius 1 is 1.62 bits per heavy atom. The number of hydrogen-bond acceptors (Lipinski definition) is 2. The molecular formula is C9H18NO2P. The van der Waals surface area contributed by atoms with Gasteiger partial charge in [-0.25, -0.2) is 0 Å². The summed E-state index contributed by atoms with van der Waals surface area (Å²) in [6, 6.07) is 0.326. The van der Waals surface area contributed by atoms with Gasteiger partial charge in [-0.3, -0.25) is 4.57 Å². The largest absolute Gasteiger partial charge is 0.346 e. The predicted octanol–water partition coefficient (Wildman–Crippen LogP) is 1.67. The lowest BCUT2D eigenvalue weighted by atomic mass is 10.1. The summed E-state index contributed by atoms with van der Waals surface area (Å²) >= 11 is 0. The van der Waals surface area contributed by atoms with Gasteiger partial charge in [-0.15, -0.1) is 0 Å². The zero-order valence-corrected chi connectivity index (χ0v) is 8.83. The zero-order chi connectivity index (χ0) is 9.68. The molecule has 1 aliphatic rings. The van der Waals surface area contributed by atoms with E-state index in [1.165, 1.54) is 5.57 Å². The summed E-state index contributed by atoms with van der Waals surface area (Å²) in [4.78, 5) is 8.60. The molecule has 1 aliphatic carbocycles. The molecule has 0 saturated carbocycles. The van der Waals surface area contributed by atoms with Gasteiger partial charge in [0, 0.05) is 12.2 Å². The van der Waals surface area contributed by atoms with E-state index in [4.69, 9.17) is 10.6 Å². The second-order valence-corrected chi connectivity index (χ2v) is 4.95. The Hall–Kier alpha value is -0.110. The Kier molecular flexibility index (Phi) is 4.71. The van der Waals surface area contributed by atoms with Crippen LogP contribution in [-0.2, 0) is 4.57 Å². The molecule has 0 aliphatic heterocycles. The highest BCUT2D eigenvalue weighted by molar-refractivity contribution is 7.37. The average Bonchev–Trinajstić information content (AvgIpc) is 2.45. The molecule has 0 aromatic heterocycles. The third-order valence-corrected chi connectivity index (χ3v) is 3.15. The molecule has 0 fully saturated rings. The van der Waals surface area contributed by atoms with Gasteiger partial charge < -0.3 is 10.6 Å². The van der Waals surface area contributed by atoms with E-state index in [-0.39, 0.29) is 0 Å². The standard InChI is InChI=1S/C9H18NO2P/c10-9-5-4-8(7-9)3-1-2-6-13(11)12/h4,9,13H,1-3,5-7,10H2,(H,11,12). The summed E-state index contributed by atoms with van der Waals surface area (Å²) in [6.07, 6.45) is 7.66. The summed E-state index contributed by atoms with van der Waals surface area (Å²) in [5.41, 5.74) is 7.18. The molecule has 0 amide bonds. The van der Waals surface area contributed by atoms with Crippen molar-refractivity contribution in [3.05, 3.63) is 11.6 Å². The summed E-state index contributed by atoms with van der Waals surface area (Å²) in [5.74, 6) is 0. The fourth-order valence-electron chi connectivity index (χ4n) is 1.65. The first-order chi connectivity index (χ1) is 6.18. The number of nitrogens with two attached hydrogens (primary N) is 1. The van der Waals surface area contributed by atoms with Crippen molar-refractivity contribution in [3.63, 3.8) is 0 Å². The molecular weight excluding hydrogens is 185 g/mol. The van der Waals surface area contributed by atoms with Gasteiger partial charge in [-0.1, -0.05) is 11.6 Å². The maximum Gasteiger partial charge on any atom is 0.189 e. The molecule has 13 heavy (non-hydrogen) atoms. The van der Waals surface area contributed by atoms with Crippen LogP contribution in [0.3, 0.4) is 0 Å². The number of unbranched alkanes of at least 4 members (excludes halogenated alkanes) is 1. The zero-order valence-electron chi connectivity index (χ0n) is 7.83. The molecule has 2 atom stereocenters. The van der Waals surface area contributed by atoms with Crippen LogP contribution in [0.25, 0.3) is 0 Å². The number of hydrogen-bond donors (Lipinski definition) is 2. The minimum Gasteiger partial charge on any atom is -0.346 e. The highest BCUT2D eigenvalue weighted by Crippen LogP contribution is 2.23. The van der Waals surface area contributed by atoms with Crippen LogP contribution >= 0.6 is 8.03 Å². The fourth-order valence-corrected chi connectivity index (χ4v) is 2.21. The first-order valence-electron chi connectivity index (χ1n) is 4.84. The quantitative estimate of drug-likeness (QED) is 0.406. The van der Waals surface area contributed by atoms with Gasteiger partial charge >= 0.3 is 0 Å². The smallest absolute Gasteiger partial charge is 0.189 e. The molecule has 3 N–H and O–H groups in total. The third kappa shape index (κ3) is 4.61. The monoisotopic (exact) mass is 203 g/mol. The van der Waals surface area contributed by atoms with Crippen LogP contribution in [0.1, 0.15) is 32.1 Å². The van der Waals surface area contributed by atoms with Gasteiger partial charge in [0.2, 0.25) is 0 Å². The van der Waals surface area contributed by atoms with E-state index in [1.807, 2.05) is 0 Å². The van der Waals surface area contributed by atoms with E-state index in [9.17, 15) is 4.57 Å². The molecule has 0 radical (unpaired) electrons. The molecule has 0 aromatic carbocycles. The lowest BCUT2D eigenvalue weighted by molar-refractivity contribution is 0.500. The Morgan fingerprint density at radius 2 is 2.38 bits per heavy atom. The van der Waals surface area contributed by atoms with E-state index in [1.54, 1.807) is 0 Å². The van der Waals surface area contributed by atoms with Crippen molar-refractivity contribution in [1.29, 1.82) is 0 Å². The lowest BCUT2D eigenvalue weighted by Crippen LogP contribution is -2.14. The predicted molar refractivity (Wildman–Crippen MR) is 55.2 cm³/mol. The second kappa shape index (κ2) is 5.58.